The van der Waals surface area contributed by atoms with Crippen molar-refractivity contribution in [3.05, 3.63) is 84.9 Å². The molecule has 5 rings (SSSR count). The number of nitrogens with zero attached hydrogens (tertiary/aromatic N) is 3. The van der Waals surface area contributed by atoms with E-state index in [0.29, 0.717) is 51.4 Å². The lowest BCUT2D eigenvalue weighted by atomic mass is 10.0. The first kappa shape index (κ1) is 35.5. The Hall–Kier alpha value is -5.34. The average molecular weight is 676 g/mol. The van der Waals surface area contributed by atoms with Crippen molar-refractivity contribution in [1.29, 1.82) is 0 Å². The van der Waals surface area contributed by atoms with E-state index in [0.717, 1.165) is 13.2 Å². The van der Waals surface area contributed by atoms with Gasteiger partial charge in [0.2, 0.25) is 10.0 Å². The molecule has 5 N–H and O–H groups in total. The number of sulfonamides is 1. The number of nitrogen functional groups attached to an aromatic ring is 1. The lowest BCUT2D eigenvalue weighted by Gasteiger charge is -2.14. The zero-order chi connectivity index (χ0) is 34.7. The van der Waals surface area contributed by atoms with Gasteiger partial charge in [0.1, 0.15) is 17.1 Å². The number of pyridine rings is 1. The number of benzene rings is 3. The van der Waals surface area contributed by atoms with Gasteiger partial charge in [-0.1, -0.05) is 19.1 Å². The maximum atomic E-state index is 15.5. The van der Waals surface area contributed by atoms with E-state index in [1.807, 2.05) is 13.8 Å². The molecule has 14 heteroatoms. The van der Waals surface area contributed by atoms with Crippen molar-refractivity contribution >= 4 is 49.8 Å². The Labute approximate surface area is 279 Å². The van der Waals surface area contributed by atoms with E-state index in [-0.39, 0.29) is 22.8 Å². The highest BCUT2D eigenvalue weighted by molar-refractivity contribution is 7.92. The Bertz CT molecular complexity index is 1960. The number of methoxy groups -OCH3 is 1. The van der Waals surface area contributed by atoms with Gasteiger partial charge < -0.3 is 25.8 Å². The highest BCUT2D eigenvalue weighted by atomic mass is 32.2. The van der Waals surface area contributed by atoms with Crippen molar-refractivity contribution in [1.82, 2.24) is 15.0 Å². The molecule has 252 valence electrons. The monoisotopic (exact) mass is 675 g/mol. The molecule has 0 aliphatic rings. The molecule has 0 aliphatic heterocycles. The summed E-state index contributed by atoms with van der Waals surface area (Å²) < 4.78 is 52.7. The fourth-order valence-corrected chi connectivity index (χ4v) is 5.75. The lowest BCUT2D eigenvalue weighted by Crippen LogP contribution is -2.19. The summed E-state index contributed by atoms with van der Waals surface area (Å²) in [5.74, 6) is -0.0767. The molecule has 48 heavy (non-hydrogen) atoms. The summed E-state index contributed by atoms with van der Waals surface area (Å²) in [6, 6.07) is 17.5. The third-order valence-electron chi connectivity index (χ3n) is 6.81. The third kappa shape index (κ3) is 9.14. The number of amides is 2. The van der Waals surface area contributed by atoms with Gasteiger partial charge in [-0.15, -0.1) is 0 Å². The molecule has 2 heterocycles. The number of anilines is 4. The molecular weight excluding hydrogens is 637 g/mol. The van der Waals surface area contributed by atoms with Gasteiger partial charge >= 0.3 is 6.03 Å². The fraction of sp³-hybridized carbons (Fsp3) is 0.235. The summed E-state index contributed by atoms with van der Waals surface area (Å²) in [7, 11) is -2.24. The molecule has 0 spiro atoms. The molecule has 12 nitrogen and oxygen atoms in total. The molecule has 0 bridgehead atoms. The quantitative estimate of drug-likeness (QED) is 0.116. The maximum absolute atomic E-state index is 15.5. The Balaban J connectivity index is 0.000000968. The molecule has 0 atom stereocenters. The van der Waals surface area contributed by atoms with Crippen LogP contribution < -0.4 is 25.8 Å². The molecule has 0 saturated heterocycles. The highest BCUT2D eigenvalue weighted by Crippen LogP contribution is 2.37. The Morgan fingerprint density at radius 1 is 0.896 bits per heavy atom. The van der Waals surface area contributed by atoms with E-state index in [1.165, 1.54) is 19.2 Å². The number of hydrogen-bond donors (Lipinski definition) is 4. The SMILES string of the molecule is CCCS(=O)(=O)Nc1cccc(-c2cc(OC)c3nc(-c4ccc(NC(=O)Nc5ccncc5)cc4)nc(N)c3c2)c1F.CCOCC. The van der Waals surface area contributed by atoms with Crippen LogP contribution >= 0.6 is 0 Å². The summed E-state index contributed by atoms with van der Waals surface area (Å²) in [6.45, 7) is 7.39. The van der Waals surface area contributed by atoms with Crippen LogP contribution in [0, 0.1) is 5.82 Å². The van der Waals surface area contributed by atoms with Crippen molar-refractivity contribution in [3.8, 4) is 28.3 Å². The molecule has 3 aromatic carbocycles. The normalized spacial score (nSPS) is 10.9. The number of nitrogens with two attached hydrogens (primary N) is 1. The predicted molar refractivity (Wildman–Crippen MR) is 188 cm³/mol. The smallest absolute Gasteiger partial charge is 0.323 e. The largest absolute Gasteiger partial charge is 0.494 e. The number of carbonyl (C=O) groups excluding carboxylic acids is 1. The third-order valence-corrected chi connectivity index (χ3v) is 8.29. The van der Waals surface area contributed by atoms with Gasteiger partial charge in [0.05, 0.1) is 18.6 Å². The van der Waals surface area contributed by atoms with Gasteiger partial charge in [-0.3, -0.25) is 9.71 Å². The van der Waals surface area contributed by atoms with E-state index in [9.17, 15) is 13.2 Å². The van der Waals surface area contributed by atoms with Crippen molar-refractivity contribution in [2.45, 2.75) is 27.2 Å². The Morgan fingerprint density at radius 2 is 1.56 bits per heavy atom. The van der Waals surface area contributed by atoms with Crippen LogP contribution in [0.25, 0.3) is 33.4 Å². The van der Waals surface area contributed by atoms with E-state index < -0.39 is 21.9 Å². The average Bonchev–Trinajstić information content (AvgIpc) is 3.06. The minimum absolute atomic E-state index is 0.127. The number of halogens is 1. The molecule has 0 saturated carbocycles. The molecular formula is C34H38FN7O5S. The molecule has 2 amide bonds. The topological polar surface area (TPSA) is 170 Å². The number of nitrogens with one attached hydrogen (secondary N) is 3. The number of urea groups is 1. The summed E-state index contributed by atoms with van der Waals surface area (Å²) in [4.78, 5) is 25.3. The van der Waals surface area contributed by atoms with Gasteiger partial charge in [-0.2, -0.15) is 0 Å². The standard InChI is InChI=1S/C30H28FN7O4S.C4H10O/c1-3-15-43(40,41)38-24-6-4-5-22(26(24)31)19-16-23-27(25(17-19)42-2)36-29(37-28(23)32)18-7-9-20(10-8-18)34-30(39)35-21-11-13-33-14-12-21;1-3-5-4-2/h4-14,16-17,38H,3,15H2,1-2H3,(H2,32,36,37)(H2,33,34,35,39);3-4H2,1-2H3. The number of fused-ring (bicyclic) bond motifs is 1. The van der Waals surface area contributed by atoms with Crippen LogP contribution in [0.1, 0.15) is 27.2 Å². The van der Waals surface area contributed by atoms with Gasteiger partial charge in [0.25, 0.3) is 0 Å². The first-order chi connectivity index (χ1) is 23.1. The zero-order valence-corrected chi connectivity index (χ0v) is 27.9. The van der Waals surface area contributed by atoms with Gasteiger partial charge in [-0.05, 0) is 80.4 Å². The van der Waals surface area contributed by atoms with E-state index >= 15 is 4.39 Å². The zero-order valence-electron chi connectivity index (χ0n) is 27.1. The molecule has 0 unspecified atom stereocenters. The number of rotatable bonds is 11. The van der Waals surface area contributed by atoms with Crippen LogP contribution in [-0.4, -0.2) is 55.5 Å². The molecule has 2 aromatic heterocycles. The number of carbonyl (C=O) groups is 1. The minimum Gasteiger partial charge on any atom is -0.494 e. The number of ether oxygens (including phenoxy) is 2. The minimum atomic E-state index is -3.69. The lowest BCUT2D eigenvalue weighted by molar-refractivity contribution is 0.162. The second-order valence-corrected chi connectivity index (χ2v) is 12.1. The molecule has 0 fully saturated rings. The first-order valence-electron chi connectivity index (χ1n) is 15.2. The van der Waals surface area contributed by atoms with Crippen molar-refractivity contribution < 1.29 is 27.1 Å². The second kappa shape index (κ2) is 16.5. The number of hydrogen-bond acceptors (Lipinski definition) is 9. The molecule has 0 aliphatic carbocycles. The van der Waals surface area contributed by atoms with Crippen LogP contribution in [-0.2, 0) is 14.8 Å². The van der Waals surface area contributed by atoms with Crippen molar-refractivity contribution in [3.63, 3.8) is 0 Å². The summed E-state index contributed by atoms with van der Waals surface area (Å²) >= 11 is 0. The molecule has 5 aromatic rings. The van der Waals surface area contributed by atoms with Gasteiger partial charge in [0.15, 0.2) is 11.6 Å². The van der Waals surface area contributed by atoms with Crippen LogP contribution in [0.5, 0.6) is 5.75 Å². The van der Waals surface area contributed by atoms with Crippen LogP contribution in [0.15, 0.2) is 79.1 Å². The van der Waals surface area contributed by atoms with Gasteiger partial charge in [-0.25, -0.2) is 27.6 Å². The van der Waals surface area contributed by atoms with E-state index in [1.54, 1.807) is 73.9 Å². The van der Waals surface area contributed by atoms with Crippen molar-refractivity contribution in [2.24, 2.45) is 0 Å². The van der Waals surface area contributed by atoms with Gasteiger partial charge in [0, 0.05) is 53.5 Å². The summed E-state index contributed by atoms with van der Waals surface area (Å²) in [5.41, 5.74) is 8.96. The first-order valence-corrected chi connectivity index (χ1v) is 16.8. The van der Waals surface area contributed by atoms with E-state index in [4.69, 9.17) is 15.2 Å². The van der Waals surface area contributed by atoms with Crippen LogP contribution in [0.3, 0.4) is 0 Å². The number of aromatic nitrogens is 3. The second-order valence-electron chi connectivity index (χ2n) is 10.3. The molecule has 0 radical (unpaired) electrons. The van der Waals surface area contributed by atoms with Crippen LogP contribution in [0.2, 0.25) is 0 Å². The fourth-order valence-electron chi connectivity index (χ4n) is 4.62. The predicted octanol–water partition coefficient (Wildman–Crippen LogP) is 6.93. The Morgan fingerprint density at radius 3 is 2.17 bits per heavy atom. The maximum Gasteiger partial charge on any atom is 0.323 e. The van der Waals surface area contributed by atoms with Crippen LogP contribution in [0.4, 0.5) is 32.1 Å². The summed E-state index contributed by atoms with van der Waals surface area (Å²) in [5, 5.41) is 5.90. The van der Waals surface area contributed by atoms with E-state index in [2.05, 4.69) is 30.3 Å². The Kier molecular flexibility index (Phi) is 12.2. The highest BCUT2D eigenvalue weighted by Gasteiger charge is 2.19. The summed E-state index contributed by atoms with van der Waals surface area (Å²) in [6.07, 6.45) is 3.55. The van der Waals surface area contributed by atoms with Crippen molar-refractivity contribution in [2.75, 3.05) is 47.2 Å².